The van der Waals surface area contributed by atoms with Crippen LogP contribution < -0.4 is 5.32 Å². The van der Waals surface area contributed by atoms with Crippen molar-refractivity contribution in [2.45, 2.75) is 70.8 Å². The van der Waals surface area contributed by atoms with Gasteiger partial charge in [-0.05, 0) is 80.2 Å². The Balaban J connectivity index is 1.43. The summed E-state index contributed by atoms with van der Waals surface area (Å²) in [5.41, 5.74) is 2.18. The van der Waals surface area contributed by atoms with Crippen LogP contribution in [0.4, 0.5) is 5.82 Å². The summed E-state index contributed by atoms with van der Waals surface area (Å²) in [7, 11) is 0. The fraction of sp³-hybridized carbons (Fsp3) is 0.714. The standard InChI is InChI=1S/C21H28N2O/c1-20(2)11-17-16(18(24)12-20)3-4-19(22-17)23-21-8-13-5-14(9-21)7-15(6-13)10-21/h3-4,13-15H,5-12H2,1-2H3,(H,22,23). The van der Waals surface area contributed by atoms with E-state index in [4.69, 9.17) is 4.98 Å². The van der Waals surface area contributed by atoms with E-state index in [1.807, 2.05) is 12.1 Å². The Morgan fingerprint density at radius 3 is 2.25 bits per heavy atom. The molecule has 0 aromatic carbocycles. The van der Waals surface area contributed by atoms with Gasteiger partial charge in [0, 0.05) is 17.5 Å². The first-order chi connectivity index (χ1) is 11.4. The lowest BCUT2D eigenvalue weighted by molar-refractivity contribution is 0.0105. The van der Waals surface area contributed by atoms with Gasteiger partial charge in [-0.25, -0.2) is 4.98 Å². The maximum absolute atomic E-state index is 12.4. The van der Waals surface area contributed by atoms with Crippen LogP contribution in [0.1, 0.15) is 74.8 Å². The minimum atomic E-state index is 0.0381. The van der Waals surface area contributed by atoms with Crippen molar-refractivity contribution < 1.29 is 4.79 Å². The van der Waals surface area contributed by atoms with Crippen LogP contribution in [0.3, 0.4) is 0 Å². The third-order valence-electron chi connectivity index (χ3n) is 6.99. The Labute approximate surface area is 144 Å². The zero-order valence-corrected chi connectivity index (χ0v) is 14.9. The van der Waals surface area contributed by atoms with Gasteiger partial charge in [0.05, 0.1) is 5.69 Å². The molecule has 1 heterocycles. The molecular weight excluding hydrogens is 296 g/mol. The maximum atomic E-state index is 12.4. The lowest BCUT2D eigenvalue weighted by Gasteiger charge is -2.57. The van der Waals surface area contributed by atoms with Crippen LogP contribution in [0.25, 0.3) is 0 Å². The SMILES string of the molecule is CC1(C)CC(=O)c2ccc(NC34CC5CC(CC(C5)C3)C4)nc2C1. The predicted molar refractivity (Wildman–Crippen MR) is 95.2 cm³/mol. The van der Waals surface area contributed by atoms with Crippen molar-refractivity contribution in [1.82, 2.24) is 4.98 Å². The van der Waals surface area contributed by atoms with E-state index in [0.717, 1.165) is 41.2 Å². The number of carbonyl (C=O) groups is 1. The Bertz CT molecular complexity index is 671. The largest absolute Gasteiger partial charge is 0.365 e. The Morgan fingerprint density at radius 1 is 1.00 bits per heavy atom. The first-order valence-corrected chi connectivity index (χ1v) is 9.71. The lowest BCUT2D eigenvalue weighted by Crippen LogP contribution is -2.54. The van der Waals surface area contributed by atoms with Crippen LogP contribution in [0.2, 0.25) is 0 Å². The number of hydrogen-bond acceptors (Lipinski definition) is 3. The molecule has 4 saturated carbocycles. The molecule has 1 N–H and O–H groups in total. The molecular formula is C21H28N2O. The minimum Gasteiger partial charge on any atom is -0.365 e. The molecule has 6 rings (SSSR count). The number of ketones is 1. The molecule has 128 valence electrons. The van der Waals surface area contributed by atoms with Crippen LogP contribution >= 0.6 is 0 Å². The van der Waals surface area contributed by atoms with Gasteiger partial charge in [0.1, 0.15) is 5.82 Å². The van der Waals surface area contributed by atoms with E-state index in [1.165, 1.54) is 38.5 Å². The van der Waals surface area contributed by atoms with Crippen LogP contribution in [-0.2, 0) is 6.42 Å². The number of fused-ring (bicyclic) bond motifs is 1. The third kappa shape index (κ3) is 2.39. The lowest BCUT2D eigenvalue weighted by atomic mass is 9.53. The summed E-state index contributed by atoms with van der Waals surface area (Å²) in [6, 6.07) is 4.07. The molecule has 1 aromatic heterocycles. The number of rotatable bonds is 2. The second-order valence-corrected chi connectivity index (χ2v) is 9.95. The van der Waals surface area contributed by atoms with Gasteiger partial charge in [-0.2, -0.15) is 0 Å². The molecule has 4 bridgehead atoms. The van der Waals surface area contributed by atoms with Gasteiger partial charge < -0.3 is 5.32 Å². The fourth-order valence-corrected chi connectivity index (χ4v) is 6.54. The summed E-state index contributed by atoms with van der Waals surface area (Å²) in [6.45, 7) is 4.35. The highest BCUT2D eigenvalue weighted by molar-refractivity contribution is 5.98. The van der Waals surface area contributed by atoms with Crippen molar-refractivity contribution in [3.8, 4) is 0 Å². The predicted octanol–water partition coefficient (Wildman–Crippen LogP) is 4.62. The number of anilines is 1. The highest BCUT2D eigenvalue weighted by Gasteiger charge is 2.51. The molecule has 24 heavy (non-hydrogen) atoms. The van der Waals surface area contributed by atoms with Crippen LogP contribution in [0.15, 0.2) is 12.1 Å². The minimum absolute atomic E-state index is 0.0381. The molecule has 0 aliphatic heterocycles. The second kappa shape index (κ2) is 4.83. The van der Waals surface area contributed by atoms with E-state index in [1.54, 1.807) is 0 Å². The molecule has 5 aliphatic rings. The number of aromatic nitrogens is 1. The van der Waals surface area contributed by atoms with E-state index in [0.29, 0.717) is 6.42 Å². The van der Waals surface area contributed by atoms with Crippen molar-refractivity contribution in [2.75, 3.05) is 5.32 Å². The highest BCUT2D eigenvalue weighted by Crippen LogP contribution is 2.56. The van der Waals surface area contributed by atoms with Gasteiger partial charge in [-0.3, -0.25) is 4.79 Å². The van der Waals surface area contributed by atoms with E-state index < -0.39 is 0 Å². The van der Waals surface area contributed by atoms with Crippen molar-refractivity contribution >= 4 is 11.6 Å². The van der Waals surface area contributed by atoms with Gasteiger partial charge in [0.15, 0.2) is 5.78 Å². The molecule has 3 heteroatoms. The van der Waals surface area contributed by atoms with Crippen LogP contribution in [-0.4, -0.2) is 16.3 Å². The zero-order chi connectivity index (χ0) is 16.5. The number of Topliss-reactive ketones (excluding diaryl/α,β-unsaturated/α-hetero) is 1. The summed E-state index contributed by atoms with van der Waals surface area (Å²) in [4.78, 5) is 17.3. The van der Waals surface area contributed by atoms with Gasteiger partial charge >= 0.3 is 0 Å². The van der Waals surface area contributed by atoms with Gasteiger partial charge in [-0.1, -0.05) is 13.8 Å². The average Bonchev–Trinajstić information content (AvgIpc) is 2.43. The first-order valence-electron chi connectivity index (χ1n) is 9.71. The molecule has 5 aliphatic carbocycles. The van der Waals surface area contributed by atoms with Gasteiger partial charge in [-0.15, -0.1) is 0 Å². The summed E-state index contributed by atoms with van der Waals surface area (Å²) >= 11 is 0. The Morgan fingerprint density at radius 2 is 1.62 bits per heavy atom. The summed E-state index contributed by atoms with van der Waals surface area (Å²) in [6.07, 6.45) is 9.89. The van der Waals surface area contributed by atoms with E-state index >= 15 is 0 Å². The van der Waals surface area contributed by atoms with Crippen molar-refractivity contribution in [3.05, 3.63) is 23.4 Å². The molecule has 1 aromatic rings. The molecule has 0 spiro atoms. The van der Waals surface area contributed by atoms with Crippen molar-refractivity contribution in [2.24, 2.45) is 23.2 Å². The molecule has 0 amide bonds. The third-order valence-corrected chi connectivity index (χ3v) is 6.99. The zero-order valence-electron chi connectivity index (χ0n) is 14.9. The number of nitrogens with one attached hydrogen (secondary N) is 1. The monoisotopic (exact) mass is 324 g/mol. The molecule has 0 saturated heterocycles. The highest BCUT2D eigenvalue weighted by atomic mass is 16.1. The number of hydrogen-bond donors (Lipinski definition) is 1. The number of nitrogens with zero attached hydrogens (tertiary/aromatic N) is 1. The van der Waals surface area contributed by atoms with Gasteiger partial charge in [0.25, 0.3) is 0 Å². The van der Waals surface area contributed by atoms with Gasteiger partial charge in [0.2, 0.25) is 0 Å². The molecule has 0 atom stereocenters. The maximum Gasteiger partial charge on any atom is 0.165 e. The molecule has 4 fully saturated rings. The first kappa shape index (κ1) is 14.9. The fourth-order valence-electron chi connectivity index (χ4n) is 6.54. The van der Waals surface area contributed by atoms with E-state index in [9.17, 15) is 4.79 Å². The summed E-state index contributed by atoms with van der Waals surface area (Å²) in [5.74, 6) is 4.06. The van der Waals surface area contributed by atoms with Crippen molar-refractivity contribution in [3.63, 3.8) is 0 Å². The van der Waals surface area contributed by atoms with E-state index in [-0.39, 0.29) is 16.7 Å². The molecule has 0 radical (unpaired) electrons. The number of carbonyl (C=O) groups excluding carboxylic acids is 1. The molecule has 0 unspecified atom stereocenters. The van der Waals surface area contributed by atoms with Crippen molar-refractivity contribution in [1.29, 1.82) is 0 Å². The number of pyridine rings is 1. The summed E-state index contributed by atoms with van der Waals surface area (Å²) < 4.78 is 0. The average molecular weight is 324 g/mol. The second-order valence-electron chi connectivity index (χ2n) is 9.95. The summed E-state index contributed by atoms with van der Waals surface area (Å²) in [5, 5.41) is 3.86. The Hall–Kier alpha value is -1.38. The van der Waals surface area contributed by atoms with Crippen LogP contribution in [0.5, 0.6) is 0 Å². The molecule has 3 nitrogen and oxygen atoms in total. The topological polar surface area (TPSA) is 42.0 Å². The smallest absolute Gasteiger partial charge is 0.165 e. The van der Waals surface area contributed by atoms with E-state index in [2.05, 4.69) is 19.2 Å². The van der Waals surface area contributed by atoms with Crippen LogP contribution in [0, 0.1) is 23.2 Å². The quantitative estimate of drug-likeness (QED) is 0.863. The normalized spacial score (nSPS) is 38.9. The Kier molecular flexibility index (Phi) is 3.00.